The molecule has 2 nitrogen and oxygen atoms in total. The number of pyridine rings is 1. The van der Waals surface area contributed by atoms with Gasteiger partial charge in [0.2, 0.25) is 0 Å². The minimum atomic E-state index is 0.151. The fourth-order valence-corrected chi connectivity index (χ4v) is 1.94. The van der Waals surface area contributed by atoms with Crippen molar-refractivity contribution < 1.29 is 0 Å². The van der Waals surface area contributed by atoms with Crippen molar-refractivity contribution in [1.82, 2.24) is 4.98 Å². The van der Waals surface area contributed by atoms with Gasteiger partial charge in [0.05, 0.1) is 0 Å². The number of benzene rings is 1. The predicted molar refractivity (Wildman–Crippen MR) is 70.5 cm³/mol. The Hall–Kier alpha value is -1.67. The van der Waals surface area contributed by atoms with E-state index in [1.54, 1.807) is 0 Å². The highest BCUT2D eigenvalue weighted by Crippen LogP contribution is 2.16. The topological polar surface area (TPSA) is 38.9 Å². The summed E-state index contributed by atoms with van der Waals surface area (Å²) in [4.78, 5) is 4.01. The summed E-state index contributed by atoms with van der Waals surface area (Å²) in [6.45, 7) is 0. The van der Waals surface area contributed by atoms with Crippen LogP contribution in [0.1, 0.15) is 30.0 Å². The molecule has 88 valence electrons. The maximum absolute atomic E-state index is 6.15. The molecule has 0 amide bonds. The number of aryl methyl sites for hydroxylation is 1. The van der Waals surface area contributed by atoms with Crippen LogP contribution in [0.15, 0.2) is 54.9 Å². The van der Waals surface area contributed by atoms with Gasteiger partial charge in [0.15, 0.2) is 0 Å². The number of nitrogens with zero attached hydrogens (tertiary/aromatic N) is 1. The Labute approximate surface area is 103 Å². The molecule has 2 rings (SSSR count). The second kappa shape index (κ2) is 6.16. The van der Waals surface area contributed by atoms with Crippen molar-refractivity contribution in [2.45, 2.75) is 25.3 Å². The second-order valence-corrected chi connectivity index (χ2v) is 4.26. The van der Waals surface area contributed by atoms with E-state index in [0.29, 0.717) is 0 Å². The van der Waals surface area contributed by atoms with Crippen molar-refractivity contribution in [3.63, 3.8) is 0 Å². The molecule has 0 radical (unpaired) electrons. The third-order valence-corrected chi connectivity index (χ3v) is 2.96. The molecule has 0 bridgehead atoms. The summed E-state index contributed by atoms with van der Waals surface area (Å²) in [6, 6.07) is 14.6. The predicted octanol–water partition coefficient (Wildman–Crippen LogP) is 3.10. The van der Waals surface area contributed by atoms with Crippen molar-refractivity contribution in [3.05, 3.63) is 66.0 Å². The van der Waals surface area contributed by atoms with Crippen molar-refractivity contribution >= 4 is 0 Å². The first-order chi connectivity index (χ1) is 8.36. The van der Waals surface area contributed by atoms with Crippen LogP contribution in [0.5, 0.6) is 0 Å². The van der Waals surface area contributed by atoms with E-state index in [1.165, 1.54) is 11.1 Å². The molecule has 0 spiro atoms. The van der Waals surface area contributed by atoms with Gasteiger partial charge in [-0.2, -0.15) is 0 Å². The van der Waals surface area contributed by atoms with Crippen LogP contribution in [-0.4, -0.2) is 4.98 Å². The van der Waals surface area contributed by atoms with E-state index in [2.05, 4.69) is 29.2 Å². The van der Waals surface area contributed by atoms with Gasteiger partial charge in [-0.3, -0.25) is 4.98 Å². The Morgan fingerprint density at radius 1 is 1.00 bits per heavy atom. The number of hydrogen-bond acceptors (Lipinski definition) is 2. The zero-order valence-electron chi connectivity index (χ0n) is 9.92. The van der Waals surface area contributed by atoms with E-state index < -0.39 is 0 Å². The number of nitrogens with two attached hydrogens (primary N) is 1. The number of aromatic nitrogens is 1. The Kier molecular flexibility index (Phi) is 4.28. The Balaban J connectivity index is 1.79. The summed E-state index contributed by atoms with van der Waals surface area (Å²) in [5.41, 5.74) is 8.70. The maximum Gasteiger partial charge on any atom is 0.0294 e. The monoisotopic (exact) mass is 226 g/mol. The Bertz CT molecular complexity index is 425. The van der Waals surface area contributed by atoms with Gasteiger partial charge in [-0.25, -0.2) is 0 Å². The van der Waals surface area contributed by atoms with Gasteiger partial charge in [-0.1, -0.05) is 30.3 Å². The van der Waals surface area contributed by atoms with E-state index in [0.717, 1.165) is 19.3 Å². The van der Waals surface area contributed by atoms with E-state index in [9.17, 15) is 0 Å². The van der Waals surface area contributed by atoms with Crippen molar-refractivity contribution in [3.8, 4) is 0 Å². The molecule has 2 aromatic rings. The fourth-order valence-electron chi connectivity index (χ4n) is 1.94. The van der Waals surface area contributed by atoms with Crippen LogP contribution in [0, 0.1) is 0 Å². The van der Waals surface area contributed by atoms with Gasteiger partial charge in [0, 0.05) is 18.4 Å². The van der Waals surface area contributed by atoms with Crippen LogP contribution >= 0.6 is 0 Å². The lowest BCUT2D eigenvalue weighted by molar-refractivity contribution is 0.611. The highest BCUT2D eigenvalue weighted by molar-refractivity contribution is 5.18. The molecule has 1 unspecified atom stereocenters. The number of hydrogen-bond donors (Lipinski definition) is 1. The molecule has 0 aliphatic rings. The van der Waals surface area contributed by atoms with E-state index in [1.807, 2.05) is 30.6 Å². The molecule has 1 heterocycles. The summed E-state index contributed by atoms with van der Waals surface area (Å²) < 4.78 is 0. The summed E-state index contributed by atoms with van der Waals surface area (Å²) in [7, 11) is 0. The van der Waals surface area contributed by atoms with Crippen LogP contribution in [0.3, 0.4) is 0 Å². The molecular weight excluding hydrogens is 208 g/mol. The van der Waals surface area contributed by atoms with Crippen molar-refractivity contribution in [1.29, 1.82) is 0 Å². The van der Waals surface area contributed by atoms with E-state index in [4.69, 9.17) is 5.73 Å². The SMILES string of the molecule is NC(CCCc1ccncc1)c1ccccc1. The normalized spacial score (nSPS) is 12.3. The first-order valence-corrected chi connectivity index (χ1v) is 6.05. The highest BCUT2D eigenvalue weighted by atomic mass is 14.6. The van der Waals surface area contributed by atoms with Gasteiger partial charge >= 0.3 is 0 Å². The highest BCUT2D eigenvalue weighted by Gasteiger charge is 2.04. The lowest BCUT2D eigenvalue weighted by Crippen LogP contribution is -2.10. The van der Waals surface area contributed by atoms with Gasteiger partial charge < -0.3 is 5.73 Å². The smallest absolute Gasteiger partial charge is 0.0294 e. The van der Waals surface area contributed by atoms with Crippen molar-refractivity contribution in [2.24, 2.45) is 5.73 Å². The summed E-state index contributed by atoms with van der Waals surface area (Å²) in [6.07, 6.45) is 6.88. The first-order valence-electron chi connectivity index (χ1n) is 6.05. The quantitative estimate of drug-likeness (QED) is 0.850. The summed E-state index contributed by atoms with van der Waals surface area (Å²) in [5.74, 6) is 0. The van der Waals surface area contributed by atoms with Crippen LogP contribution < -0.4 is 5.73 Å². The van der Waals surface area contributed by atoms with Crippen LogP contribution in [0.25, 0.3) is 0 Å². The second-order valence-electron chi connectivity index (χ2n) is 4.26. The Morgan fingerprint density at radius 2 is 1.71 bits per heavy atom. The zero-order chi connectivity index (χ0) is 11.9. The van der Waals surface area contributed by atoms with Gasteiger partial charge in [0.25, 0.3) is 0 Å². The first kappa shape index (κ1) is 11.8. The third-order valence-electron chi connectivity index (χ3n) is 2.96. The molecule has 1 atom stereocenters. The van der Waals surface area contributed by atoms with Gasteiger partial charge in [0.1, 0.15) is 0 Å². The Morgan fingerprint density at radius 3 is 2.41 bits per heavy atom. The van der Waals surface area contributed by atoms with Crippen molar-refractivity contribution in [2.75, 3.05) is 0 Å². The van der Waals surface area contributed by atoms with Crippen LogP contribution in [0.2, 0.25) is 0 Å². The molecule has 2 heteroatoms. The average molecular weight is 226 g/mol. The average Bonchev–Trinajstić information content (AvgIpc) is 2.41. The fraction of sp³-hybridized carbons (Fsp3) is 0.267. The van der Waals surface area contributed by atoms with Crippen LogP contribution in [-0.2, 0) is 6.42 Å². The molecule has 0 aliphatic carbocycles. The molecule has 17 heavy (non-hydrogen) atoms. The largest absolute Gasteiger partial charge is 0.324 e. The van der Waals surface area contributed by atoms with Gasteiger partial charge in [-0.05, 0) is 42.5 Å². The van der Waals surface area contributed by atoms with Gasteiger partial charge in [-0.15, -0.1) is 0 Å². The van der Waals surface area contributed by atoms with E-state index in [-0.39, 0.29) is 6.04 Å². The minimum Gasteiger partial charge on any atom is -0.324 e. The third kappa shape index (κ3) is 3.68. The number of rotatable bonds is 5. The van der Waals surface area contributed by atoms with E-state index >= 15 is 0 Å². The molecule has 0 saturated heterocycles. The molecule has 1 aromatic carbocycles. The molecule has 0 fully saturated rings. The lowest BCUT2D eigenvalue weighted by Gasteiger charge is -2.11. The standard InChI is InChI=1S/C15H18N2/c16-15(14-6-2-1-3-7-14)8-4-5-13-9-11-17-12-10-13/h1-3,6-7,9-12,15H,4-5,8,16H2. The maximum atomic E-state index is 6.15. The molecular formula is C15H18N2. The minimum absolute atomic E-state index is 0.151. The molecule has 0 aliphatic heterocycles. The molecule has 2 N–H and O–H groups in total. The molecule has 0 saturated carbocycles. The zero-order valence-corrected chi connectivity index (χ0v) is 9.92. The lowest BCUT2D eigenvalue weighted by atomic mass is 10.0. The summed E-state index contributed by atoms with van der Waals surface area (Å²) in [5, 5.41) is 0. The van der Waals surface area contributed by atoms with Crippen LogP contribution in [0.4, 0.5) is 0 Å². The summed E-state index contributed by atoms with van der Waals surface area (Å²) >= 11 is 0. The molecule has 1 aromatic heterocycles.